The Balaban J connectivity index is 2.66. The van der Waals surface area contributed by atoms with Gasteiger partial charge in [-0.05, 0) is 44.0 Å². The third-order valence-electron chi connectivity index (χ3n) is 2.68. The van der Waals surface area contributed by atoms with Crippen molar-refractivity contribution in [2.75, 3.05) is 13.2 Å². The van der Waals surface area contributed by atoms with E-state index in [9.17, 15) is 5.11 Å². The summed E-state index contributed by atoms with van der Waals surface area (Å²) in [5, 5.41) is 9.58. The average molecular weight is 238 g/mol. The van der Waals surface area contributed by atoms with Crippen molar-refractivity contribution in [1.82, 2.24) is 0 Å². The quantitative estimate of drug-likeness (QED) is 0.634. The molecule has 0 saturated carbocycles. The van der Waals surface area contributed by atoms with Crippen LogP contribution in [0.4, 0.5) is 0 Å². The van der Waals surface area contributed by atoms with E-state index in [0.717, 1.165) is 24.8 Å². The van der Waals surface area contributed by atoms with E-state index in [4.69, 9.17) is 16.2 Å². The molecule has 5 N–H and O–H groups in total. The summed E-state index contributed by atoms with van der Waals surface area (Å²) >= 11 is 0. The molecule has 0 spiro atoms. The molecule has 0 saturated heterocycles. The Labute approximate surface area is 103 Å². The van der Waals surface area contributed by atoms with E-state index in [2.05, 4.69) is 0 Å². The van der Waals surface area contributed by atoms with E-state index in [-0.39, 0.29) is 11.8 Å². The van der Waals surface area contributed by atoms with Crippen LogP contribution in [0.2, 0.25) is 0 Å². The second-order valence-electron chi connectivity index (χ2n) is 4.05. The van der Waals surface area contributed by atoms with Crippen molar-refractivity contribution in [2.45, 2.75) is 32.2 Å². The topological polar surface area (TPSA) is 81.5 Å². The molecule has 1 aromatic rings. The van der Waals surface area contributed by atoms with Crippen molar-refractivity contribution in [3.8, 4) is 11.5 Å². The standard InChI is InChI=1S/C13H22N2O2/c1-2-17-13-9-10(6-7-12(13)16)11(15)5-3-4-8-14/h6-7,9,11,16H,2-5,8,14-15H2,1H3/t11-/m1/s1. The molecule has 0 unspecified atom stereocenters. The average Bonchev–Trinajstić information content (AvgIpc) is 2.32. The molecule has 4 heteroatoms. The van der Waals surface area contributed by atoms with Crippen LogP contribution in [0.5, 0.6) is 11.5 Å². The molecule has 0 radical (unpaired) electrons. The first-order valence-corrected chi connectivity index (χ1v) is 6.10. The van der Waals surface area contributed by atoms with Crippen LogP contribution in [-0.4, -0.2) is 18.3 Å². The van der Waals surface area contributed by atoms with E-state index < -0.39 is 0 Å². The molecule has 0 aliphatic rings. The van der Waals surface area contributed by atoms with Gasteiger partial charge >= 0.3 is 0 Å². The number of unbranched alkanes of at least 4 members (excludes halogenated alkanes) is 1. The summed E-state index contributed by atoms with van der Waals surface area (Å²) in [6.07, 6.45) is 2.90. The molecule has 1 rings (SSSR count). The molecule has 0 aromatic heterocycles. The second kappa shape index (κ2) is 7.14. The predicted octanol–water partition coefficient (Wildman–Crippen LogP) is 1.92. The number of phenolic OH excluding ortho intramolecular Hbond substituents is 1. The van der Waals surface area contributed by atoms with Gasteiger partial charge in [-0.25, -0.2) is 0 Å². The molecule has 0 fully saturated rings. The molecule has 0 aliphatic heterocycles. The van der Waals surface area contributed by atoms with Gasteiger partial charge < -0.3 is 21.3 Å². The first-order valence-electron chi connectivity index (χ1n) is 6.10. The Morgan fingerprint density at radius 2 is 2.12 bits per heavy atom. The zero-order valence-electron chi connectivity index (χ0n) is 10.4. The summed E-state index contributed by atoms with van der Waals surface area (Å²) in [6, 6.07) is 5.25. The molecular weight excluding hydrogens is 216 g/mol. The van der Waals surface area contributed by atoms with E-state index in [1.165, 1.54) is 0 Å². The van der Waals surface area contributed by atoms with Crippen molar-refractivity contribution in [2.24, 2.45) is 11.5 Å². The van der Waals surface area contributed by atoms with Crippen molar-refractivity contribution in [3.63, 3.8) is 0 Å². The van der Waals surface area contributed by atoms with Gasteiger partial charge in [0.15, 0.2) is 11.5 Å². The zero-order valence-corrected chi connectivity index (χ0v) is 10.4. The third kappa shape index (κ3) is 4.24. The van der Waals surface area contributed by atoms with Crippen LogP contribution in [0.1, 0.15) is 37.8 Å². The summed E-state index contributed by atoms with van der Waals surface area (Å²) in [5.74, 6) is 0.657. The summed E-state index contributed by atoms with van der Waals surface area (Å²) in [6.45, 7) is 3.11. The number of benzene rings is 1. The fourth-order valence-corrected chi connectivity index (χ4v) is 1.71. The number of phenols is 1. The van der Waals surface area contributed by atoms with Crippen LogP contribution >= 0.6 is 0 Å². The number of hydrogen-bond acceptors (Lipinski definition) is 4. The molecular formula is C13H22N2O2. The Morgan fingerprint density at radius 3 is 2.76 bits per heavy atom. The first-order chi connectivity index (χ1) is 8.19. The summed E-state index contributed by atoms with van der Waals surface area (Å²) in [7, 11) is 0. The lowest BCUT2D eigenvalue weighted by Gasteiger charge is -2.14. The van der Waals surface area contributed by atoms with Crippen LogP contribution in [0.25, 0.3) is 0 Å². The first kappa shape index (κ1) is 13.8. The van der Waals surface area contributed by atoms with Crippen LogP contribution in [0.15, 0.2) is 18.2 Å². The van der Waals surface area contributed by atoms with Crippen LogP contribution < -0.4 is 16.2 Å². The lowest BCUT2D eigenvalue weighted by atomic mass is 10.0. The maximum Gasteiger partial charge on any atom is 0.161 e. The van der Waals surface area contributed by atoms with E-state index in [0.29, 0.717) is 18.9 Å². The maximum atomic E-state index is 9.58. The smallest absolute Gasteiger partial charge is 0.161 e. The number of aromatic hydroxyl groups is 1. The second-order valence-corrected chi connectivity index (χ2v) is 4.05. The molecule has 1 aromatic carbocycles. The van der Waals surface area contributed by atoms with E-state index in [1.54, 1.807) is 6.07 Å². The number of nitrogens with two attached hydrogens (primary N) is 2. The lowest BCUT2D eigenvalue weighted by Crippen LogP contribution is -2.11. The minimum atomic E-state index is -0.0265. The van der Waals surface area contributed by atoms with Crippen LogP contribution in [0, 0.1) is 0 Å². The Kier molecular flexibility index (Phi) is 5.80. The minimum absolute atomic E-state index is 0.0265. The molecule has 0 heterocycles. The lowest BCUT2D eigenvalue weighted by molar-refractivity contribution is 0.317. The van der Waals surface area contributed by atoms with Crippen molar-refractivity contribution in [1.29, 1.82) is 0 Å². The predicted molar refractivity (Wildman–Crippen MR) is 69.1 cm³/mol. The van der Waals surface area contributed by atoms with Crippen LogP contribution in [-0.2, 0) is 0 Å². The van der Waals surface area contributed by atoms with Crippen LogP contribution in [0.3, 0.4) is 0 Å². The molecule has 4 nitrogen and oxygen atoms in total. The summed E-state index contributed by atoms with van der Waals surface area (Å²) < 4.78 is 5.33. The van der Waals surface area contributed by atoms with Gasteiger partial charge in [0.25, 0.3) is 0 Å². The number of hydrogen-bond donors (Lipinski definition) is 3. The SMILES string of the molecule is CCOc1cc([C@H](N)CCCCN)ccc1O. The van der Waals surface area contributed by atoms with Gasteiger partial charge in [-0.2, -0.15) is 0 Å². The maximum absolute atomic E-state index is 9.58. The van der Waals surface area contributed by atoms with Gasteiger partial charge in [-0.3, -0.25) is 0 Å². The Morgan fingerprint density at radius 1 is 1.35 bits per heavy atom. The Bertz CT molecular complexity index is 342. The van der Waals surface area contributed by atoms with Gasteiger partial charge in [-0.15, -0.1) is 0 Å². The molecule has 0 aliphatic carbocycles. The summed E-state index contributed by atoms with van der Waals surface area (Å²) in [5.41, 5.74) is 12.5. The zero-order chi connectivity index (χ0) is 12.7. The van der Waals surface area contributed by atoms with E-state index in [1.807, 2.05) is 19.1 Å². The molecule has 17 heavy (non-hydrogen) atoms. The largest absolute Gasteiger partial charge is 0.504 e. The summed E-state index contributed by atoms with van der Waals surface area (Å²) in [4.78, 5) is 0. The Hall–Kier alpha value is -1.26. The van der Waals surface area contributed by atoms with Crippen molar-refractivity contribution >= 4 is 0 Å². The highest BCUT2D eigenvalue weighted by atomic mass is 16.5. The van der Waals surface area contributed by atoms with Crippen molar-refractivity contribution < 1.29 is 9.84 Å². The number of ether oxygens (including phenoxy) is 1. The van der Waals surface area contributed by atoms with Gasteiger partial charge in [0.05, 0.1) is 6.61 Å². The molecule has 1 atom stereocenters. The molecule has 0 bridgehead atoms. The molecule has 96 valence electrons. The monoisotopic (exact) mass is 238 g/mol. The number of rotatable bonds is 7. The van der Waals surface area contributed by atoms with E-state index >= 15 is 0 Å². The third-order valence-corrected chi connectivity index (χ3v) is 2.68. The van der Waals surface area contributed by atoms with Crippen molar-refractivity contribution in [3.05, 3.63) is 23.8 Å². The van der Waals surface area contributed by atoms with Gasteiger partial charge in [0.1, 0.15) is 0 Å². The fraction of sp³-hybridized carbons (Fsp3) is 0.538. The minimum Gasteiger partial charge on any atom is -0.504 e. The van der Waals surface area contributed by atoms with Gasteiger partial charge in [0.2, 0.25) is 0 Å². The fourth-order valence-electron chi connectivity index (χ4n) is 1.71. The van der Waals surface area contributed by atoms with Gasteiger partial charge in [-0.1, -0.05) is 12.5 Å². The highest BCUT2D eigenvalue weighted by molar-refractivity contribution is 5.42. The van der Waals surface area contributed by atoms with Gasteiger partial charge in [0, 0.05) is 6.04 Å². The highest BCUT2D eigenvalue weighted by Gasteiger charge is 2.09. The normalized spacial score (nSPS) is 12.4. The molecule has 0 amide bonds. The highest BCUT2D eigenvalue weighted by Crippen LogP contribution is 2.29.